The quantitative estimate of drug-likeness (QED) is 0.680. The fourth-order valence-electron chi connectivity index (χ4n) is 3.12. The molecule has 2 rings (SSSR count). The van der Waals surface area contributed by atoms with Crippen LogP contribution in [-0.4, -0.2) is 29.0 Å². The second-order valence-electron chi connectivity index (χ2n) is 7.24. The molecule has 0 unspecified atom stereocenters. The predicted molar refractivity (Wildman–Crippen MR) is 102 cm³/mol. The lowest BCUT2D eigenvalue weighted by Gasteiger charge is -2.28. The van der Waals surface area contributed by atoms with Crippen LogP contribution in [0.3, 0.4) is 0 Å². The van der Waals surface area contributed by atoms with E-state index in [1.165, 1.54) is 21.0 Å². The van der Waals surface area contributed by atoms with Gasteiger partial charge in [0.2, 0.25) is 0 Å². The zero-order valence-corrected chi connectivity index (χ0v) is 17.6. The van der Waals surface area contributed by atoms with E-state index in [9.17, 15) is 13.2 Å². The van der Waals surface area contributed by atoms with Crippen LogP contribution in [0.15, 0.2) is 18.2 Å². The second kappa shape index (κ2) is 9.74. The highest BCUT2D eigenvalue weighted by Crippen LogP contribution is 2.42. The molecule has 160 valence electrons. The van der Waals surface area contributed by atoms with Gasteiger partial charge in [-0.25, -0.2) is 4.98 Å². The highest BCUT2D eigenvalue weighted by atomic mass is 19.4. The average Bonchev–Trinajstić information content (AvgIpc) is 2.97. The maximum atomic E-state index is 13.2. The first-order valence-electron chi connectivity index (χ1n) is 9.27. The normalized spacial score (nSPS) is 11.5. The van der Waals surface area contributed by atoms with E-state index in [1.807, 2.05) is 19.9 Å². The van der Waals surface area contributed by atoms with Gasteiger partial charge in [-0.2, -0.15) is 22.8 Å². The highest BCUT2D eigenvalue weighted by Gasteiger charge is 2.47. The maximum Gasteiger partial charge on any atom is 0.394 e. The minimum Gasteiger partial charge on any atom is -0.496 e. The summed E-state index contributed by atoms with van der Waals surface area (Å²) in [6, 6.07) is 5.37. The number of rotatable bonds is 6. The Labute approximate surface area is 168 Å². The van der Waals surface area contributed by atoms with Gasteiger partial charge in [0, 0.05) is 18.2 Å². The van der Waals surface area contributed by atoms with Crippen molar-refractivity contribution in [1.29, 1.82) is 0 Å². The van der Waals surface area contributed by atoms with Crippen molar-refractivity contribution in [2.24, 2.45) is 5.41 Å². The largest absolute Gasteiger partial charge is 0.496 e. The van der Waals surface area contributed by atoms with Crippen LogP contribution in [0.2, 0.25) is 0 Å². The Morgan fingerprint density at radius 3 is 2.17 bits per heavy atom. The van der Waals surface area contributed by atoms with Crippen molar-refractivity contribution in [3.8, 4) is 11.4 Å². The number of halogens is 3. The predicted octanol–water partition coefficient (Wildman–Crippen LogP) is 4.86. The lowest BCUT2D eigenvalue weighted by atomic mass is 9.84. The molecule has 0 amide bonds. The zero-order valence-electron chi connectivity index (χ0n) is 17.6. The Bertz CT molecular complexity index is 865. The van der Waals surface area contributed by atoms with E-state index in [2.05, 4.69) is 16.5 Å². The molecule has 1 aromatic heterocycles. The fraction of sp³-hybridized carbons (Fsp3) is 0.524. The van der Waals surface area contributed by atoms with Crippen LogP contribution >= 0.6 is 0 Å². The number of benzene rings is 1. The number of hydrogen-bond donors (Lipinski definition) is 0. The molecular formula is C21H27F3N2O3. The summed E-state index contributed by atoms with van der Waals surface area (Å²) in [7, 11) is 1.49. The second-order valence-corrected chi connectivity index (χ2v) is 7.24. The number of aromatic nitrogens is 2. The third-order valence-electron chi connectivity index (χ3n) is 4.85. The summed E-state index contributed by atoms with van der Waals surface area (Å²) in [5, 5.41) is 0. The van der Waals surface area contributed by atoms with E-state index in [-0.39, 0.29) is 12.6 Å². The minimum absolute atomic E-state index is 0.135. The van der Waals surface area contributed by atoms with Crippen molar-refractivity contribution in [2.45, 2.75) is 60.1 Å². The summed E-state index contributed by atoms with van der Waals surface area (Å²) < 4.78 is 47.2. The van der Waals surface area contributed by atoms with Gasteiger partial charge in [-0.1, -0.05) is 33.8 Å². The number of methoxy groups -OCH3 is 1. The van der Waals surface area contributed by atoms with Crippen molar-refractivity contribution in [1.82, 2.24) is 9.55 Å². The molecule has 0 aliphatic rings. The smallest absolute Gasteiger partial charge is 0.394 e. The van der Waals surface area contributed by atoms with Gasteiger partial charge in [0.15, 0.2) is 0 Å². The van der Waals surface area contributed by atoms with Gasteiger partial charge in [-0.15, -0.1) is 0 Å². The molecule has 0 aliphatic heterocycles. The highest BCUT2D eigenvalue weighted by molar-refractivity contribution is 5.47. The van der Waals surface area contributed by atoms with Crippen LogP contribution in [0, 0.1) is 12.3 Å². The molecule has 0 radical (unpaired) electrons. The van der Waals surface area contributed by atoms with Crippen LogP contribution in [0.5, 0.6) is 5.75 Å². The van der Waals surface area contributed by atoms with Gasteiger partial charge in [0.05, 0.1) is 23.9 Å². The van der Waals surface area contributed by atoms with Gasteiger partial charge in [0.25, 0.3) is 0 Å². The first-order chi connectivity index (χ1) is 13.5. The molecule has 0 saturated carbocycles. The SMILES string of the molecule is CCc1nc(CC)n(-c2ccc(CC(C)(C)C(F)(F)F)c(OC)c2)c1C.O=C=O. The fourth-order valence-corrected chi connectivity index (χ4v) is 3.12. The number of hydrogen-bond acceptors (Lipinski definition) is 4. The third-order valence-corrected chi connectivity index (χ3v) is 4.85. The van der Waals surface area contributed by atoms with E-state index in [0.717, 1.165) is 35.7 Å². The molecule has 29 heavy (non-hydrogen) atoms. The third kappa shape index (κ3) is 5.48. The summed E-state index contributed by atoms with van der Waals surface area (Å²) in [6.07, 6.45) is -2.56. The molecule has 1 aromatic carbocycles. The summed E-state index contributed by atoms with van der Waals surface area (Å²) in [5.74, 6) is 1.40. The van der Waals surface area contributed by atoms with E-state index < -0.39 is 11.6 Å². The molecule has 0 atom stereocenters. The number of imidazole rings is 1. The van der Waals surface area contributed by atoms with Crippen LogP contribution in [0.4, 0.5) is 13.2 Å². The van der Waals surface area contributed by atoms with Gasteiger partial charge in [0.1, 0.15) is 11.6 Å². The van der Waals surface area contributed by atoms with Gasteiger partial charge < -0.3 is 9.30 Å². The van der Waals surface area contributed by atoms with E-state index >= 15 is 0 Å². The minimum atomic E-state index is -4.27. The number of aryl methyl sites for hydroxylation is 2. The molecule has 0 bridgehead atoms. The monoisotopic (exact) mass is 412 g/mol. The van der Waals surface area contributed by atoms with Crippen LogP contribution in [-0.2, 0) is 28.9 Å². The molecule has 1 heterocycles. The summed E-state index contributed by atoms with van der Waals surface area (Å²) >= 11 is 0. The van der Waals surface area contributed by atoms with E-state index in [0.29, 0.717) is 11.3 Å². The molecule has 0 saturated heterocycles. The standard InChI is InChI=1S/C20H27F3N2O.CO2/c1-7-16-13(3)25(18(8-2)24-16)15-10-9-14(17(11-15)26-6)12-19(4,5)20(21,22)23;2-1-3/h9-11H,7-8,12H2,1-6H3;. The molecular weight excluding hydrogens is 385 g/mol. The van der Waals surface area contributed by atoms with E-state index in [1.54, 1.807) is 12.1 Å². The Kier molecular flexibility index (Phi) is 8.21. The average molecular weight is 412 g/mol. The number of carbonyl (C=O) groups excluding carboxylic acids is 2. The molecule has 8 heteroatoms. The van der Waals surface area contributed by atoms with Crippen LogP contribution in [0.1, 0.15) is 50.5 Å². The molecule has 0 spiro atoms. The first-order valence-corrected chi connectivity index (χ1v) is 9.27. The molecule has 5 nitrogen and oxygen atoms in total. The van der Waals surface area contributed by atoms with Crippen LogP contribution < -0.4 is 4.74 Å². The Hall–Kier alpha value is -2.60. The van der Waals surface area contributed by atoms with E-state index in [4.69, 9.17) is 14.3 Å². The molecule has 0 fully saturated rings. The van der Waals surface area contributed by atoms with Crippen molar-refractivity contribution in [2.75, 3.05) is 7.11 Å². The van der Waals surface area contributed by atoms with Gasteiger partial charge in [-0.05, 0) is 31.4 Å². The molecule has 2 aromatic rings. The topological polar surface area (TPSA) is 61.2 Å². The Morgan fingerprint density at radius 1 is 1.14 bits per heavy atom. The van der Waals surface area contributed by atoms with Crippen molar-refractivity contribution in [3.05, 3.63) is 41.0 Å². The number of ether oxygens (including phenoxy) is 1. The zero-order chi connectivity index (χ0) is 22.4. The summed E-state index contributed by atoms with van der Waals surface area (Å²) in [5.41, 5.74) is 1.66. The first kappa shape index (κ1) is 24.4. The summed E-state index contributed by atoms with van der Waals surface area (Å²) in [6.45, 7) is 8.53. The lowest BCUT2D eigenvalue weighted by Crippen LogP contribution is -2.34. The summed E-state index contributed by atoms with van der Waals surface area (Å²) in [4.78, 5) is 20.9. The number of nitrogens with zero attached hydrogens (tertiary/aromatic N) is 2. The molecule has 0 aliphatic carbocycles. The lowest BCUT2D eigenvalue weighted by molar-refractivity contribution is -0.211. The Morgan fingerprint density at radius 2 is 1.72 bits per heavy atom. The van der Waals surface area contributed by atoms with Crippen molar-refractivity contribution < 1.29 is 27.5 Å². The number of alkyl halides is 3. The molecule has 0 N–H and O–H groups in total. The van der Waals surface area contributed by atoms with Crippen LogP contribution in [0.25, 0.3) is 5.69 Å². The van der Waals surface area contributed by atoms with Crippen molar-refractivity contribution >= 4 is 6.15 Å². The van der Waals surface area contributed by atoms with Crippen molar-refractivity contribution in [3.63, 3.8) is 0 Å². The van der Waals surface area contributed by atoms with Gasteiger partial charge in [-0.3, -0.25) is 0 Å². The Balaban J connectivity index is 0.00000132. The maximum absolute atomic E-state index is 13.2. The van der Waals surface area contributed by atoms with Gasteiger partial charge >= 0.3 is 12.3 Å².